The van der Waals surface area contributed by atoms with Crippen molar-refractivity contribution in [3.63, 3.8) is 0 Å². The first kappa shape index (κ1) is 29.0. The van der Waals surface area contributed by atoms with E-state index >= 15 is 4.11 Å². The van der Waals surface area contributed by atoms with Crippen LogP contribution in [0.1, 0.15) is 24.5 Å². The highest BCUT2D eigenvalue weighted by atomic mass is 28.4. The highest BCUT2D eigenvalue weighted by molar-refractivity contribution is 6.72. The third-order valence-corrected chi connectivity index (χ3v) is 11.2. The lowest BCUT2D eigenvalue weighted by atomic mass is 9.82. The van der Waals surface area contributed by atoms with E-state index in [9.17, 15) is 24.8 Å². The van der Waals surface area contributed by atoms with Gasteiger partial charge in [-0.25, -0.2) is 0 Å². The molecule has 2 amide bonds. The summed E-state index contributed by atoms with van der Waals surface area (Å²) in [4.78, 5) is 41.8. The summed E-state index contributed by atoms with van der Waals surface area (Å²) >= 11 is 0. The van der Waals surface area contributed by atoms with Crippen LogP contribution < -0.4 is 14.5 Å². The van der Waals surface area contributed by atoms with Gasteiger partial charge in [0.15, 0.2) is 12.2 Å². The number of hydrogen-bond donors (Lipinski definition) is 1. The molecule has 0 aromatic heterocycles. The summed E-state index contributed by atoms with van der Waals surface area (Å²) in [7, 11) is -3.41. The van der Waals surface area contributed by atoms with Crippen molar-refractivity contribution in [3.8, 4) is 5.75 Å². The van der Waals surface area contributed by atoms with E-state index in [-0.39, 0.29) is 37.8 Å². The SMILES string of the molecule is C[C@@H]1[C@@H]([Si](C)(C)F)[C@H](CCO)O[C@@]12C(=O)N(Cc1cccc(N3C(=O)COc4ccccc43)c1)c1ccc([N+](=O)[O-])cc12. The number of halogens is 1. The second kappa shape index (κ2) is 10.5. The number of nitro benzene ring substituents is 1. The number of fused-ring (bicyclic) bond motifs is 3. The van der Waals surface area contributed by atoms with E-state index < -0.39 is 42.4 Å². The number of carbonyl (C=O) groups excluding carboxylic acids is 2. The number of amides is 2. The van der Waals surface area contributed by atoms with Crippen LogP contribution in [0.4, 0.5) is 26.9 Å². The summed E-state index contributed by atoms with van der Waals surface area (Å²) in [5, 5.41) is 21.5. The van der Waals surface area contributed by atoms with Gasteiger partial charge in [0, 0.05) is 41.4 Å². The zero-order chi connectivity index (χ0) is 30.7. The molecule has 3 heterocycles. The summed E-state index contributed by atoms with van der Waals surface area (Å²) in [5.41, 5.74) is 0.232. The number of rotatable bonds is 7. The molecule has 0 bridgehead atoms. The lowest BCUT2D eigenvalue weighted by Gasteiger charge is -2.31. The maximum absolute atomic E-state index is 15.8. The number of nitrogens with zero attached hydrogens (tertiary/aromatic N) is 3. The van der Waals surface area contributed by atoms with Gasteiger partial charge in [0.25, 0.3) is 17.5 Å². The fraction of sp³-hybridized carbons (Fsp3) is 0.355. The van der Waals surface area contributed by atoms with Gasteiger partial charge >= 0.3 is 0 Å². The summed E-state index contributed by atoms with van der Waals surface area (Å²) in [6.45, 7) is 4.61. The number of para-hydroxylation sites is 2. The van der Waals surface area contributed by atoms with E-state index in [4.69, 9.17) is 9.47 Å². The van der Waals surface area contributed by atoms with Crippen LogP contribution in [0.25, 0.3) is 0 Å². The van der Waals surface area contributed by atoms with Crippen molar-refractivity contribution in [1.82, 2.24) is 0 Å². The van der Waals surface area contributed by atoms with Crippen LogP contribution in [0.2, 0.25) is 18.6 Å². The van der Waals surface area contributed by atoms with Gasteiger partial charge < -0.3 is 23.6 Å². The van der Waals surface area contributed by atoms with Crippen LogP contribution in [0.3, 0.4) is 0 Å². The maximum Gasteiger partial charge on any atom is 0.269 e. The minimum Gasteiger partial charge on any atom is -0.482 e. The zero-order valence-corrected chi connectivity index (χ0v) is 25.0. The van der Waals surface area contributed by atoms with E-state index in [0.29, 0.717) is 33.9 Å². The Morgan fingerprint density at radius 1 is 1.09 bits per heavy atom. The number of anilines is 3. The Balaban J connectivity index is 1.42. The van der Waals surface area contributed by atoms with Gasteiger partial charge in [0.2, 0.25) is 8.41 Å². The highest BCUT2D eigenvalue weighted by Crippen LogP contribution is 2.60. The minimum atomic E-state index is -3.41. The molecule has 6 rings (SSSR count). The van der Waals surface area contributed by atoms with E-state index in [0.717, 1.165) is 0 Å². The Morgan fingerprint density at radius 3 is 2.58 bits per heavy atom. The third kappa shape index (κ3) is 4.60. The second-order valence-corrected chi connectivity index (χ2v) is 15.6. The smallest absolute Gasteiger partial charge is 0.269 e. The van der Waals surface area contributed by atoms with Crippen LogP contribution in [0.5, 0.6) is 5.75 Å². The number of nitro groups is 1. The van der Waals surface area contributed by atoms with Crippen molar-refractivity contribution in [2.24, 2.45) is 5.92 Å². The average Bonchev–Trinajstić information content (AvgIpc) is 3.39. The largest absolute Gasteiger partial charge is 0.482 e. The maximum atomic E-state index is 15.8. The first-order valence-electron chi connectivity index (χ1n) is 14.2. The Kier molecular flexibility index (Phi) is 7.10. The molecule has 3 aliphatic rings. The number of non-ortho nitro benzene ring substituents is 1. The predicted octanol–water partition coefficient (Wildman–Crippen LogP) is 5.36. The van der Waals surface area contributed by atoms with Crippen molar-refractivity contribution in [2.75, 3.05) is 23.0 Å². The molecule has 1 N–H and O–H groups in total. The second-order valence-electron chi connectivity index (χ2n) is 11.8. The van der Waals surface area contributed by atoms with Gasteiger partial charge in [-0.2, -0.15) is 0 Å². The zero-order valence-electron chi connectivity index (χ0n) is 24.0. The van der Waals surface area contributed by atoms with E-state index in [1.165, 1.54) is 23.1 Å². The van der Waals surface area contributed by atoms with E-state index in [2.05, 4.69) is 0 Å². The Bertz CT molecular complexity index is 1630. The van der Waals surface area contributed by atoms with Gasteiger partial charge in [-0.15, -0.1) is 0 Å². The first-order chi connectivity index (χ1) is 20.5. The first-order valence-corrected chi connectivity index (χ1v) is 17.1. The van der Waals surface area contributed by atoms with Crippen molar-refractivity contribution in [2.45, 2.75) is 50.2 Å². The van der Waals surface area contributed by atoms with Crippen LogP contribution in [0, 0.1) is 16.0 Å². The molecule has 10 nitrogen and oxygen atoms in total. The van der Waals surface area contributed by atoms with Gasteiger partial charge in [0.05, 0.1) is 28.9 Å². The summed E-state index contributed by atoms with van der Waals surface area (Å²) in [5.74, 6) is -0.726. The standard InChI is InChI=1S/C31H32FN3O7Si/c1-19-29(43(2,3)32)27(13-14-36)42-31(19)23-16-22(35(39)40)11-12-24(23)33(30(31)38)17-20-7-6-8-21(15-20)34-25-9-4-5-10-26(25)41-18-28(34)37/h4-12,15-16,19,27,29,36H,13-14,17-18H2,1-3H3/t19-,27+,29-,31+/m1/s1. The van der Waals surface area contributed by atoms with Crippen LogP contribution in [-0.4, -0.2) is 49.6 Å². The normalized spacial score (nSPS) is 24.7. The van der Waals surface area contributed by atoms with Crippen molar-refractivity contribution in [1.29, 1.82) is 0 Å². The Morgan fingerprint density at radius 2 is 1.86 bits per heavy atom. The molecule has 0 unspecified atom stereocenters. The van der Waals surface area contributed by atoms with Crippen LogP contribution in [-0.2, 0) is 26.5 Å². The molecule has 1 saturated heterocycles. The van der Waals surface area contributed by atoms with Crippen molar-refractivity contribution < 1.29 is 33.2 Å². The summed E-state index contributed by atoms with van der Waals surface area (Å²) in [6, 6.07) is 18.7. The molecule has 0 saturated carbocycles. The van der Waals surface area contributed by atoms with Gasteiger partial charge in [-0.1, -0.05) is 31.2 Å². The van der Waals surface area contributed by atoms with E-state index in [1.54, 1.807) is 49.2 Å². The fourth-order valence-corrected chi connectivity index (χ4v) is 9.61. The topological polar surface area (TPSA) is 122 Å². The third-order valence-electron chi connectivity index (χ3n) is 8.78. The van der Waals surface area contributed by atoms with Crippen molar-refractivity contribution >= 4 is 43.0 Å². The molecule has 43 heavy (non-hydrogen) atoms. The number of hydrogen-bond acceptors (Lipinski definition) is 7. The molecule has 0 aliphatic carbocycles. The number of benzene rings is 3. The number of ether oxygens (including phenoxy) is 2. The van der Waals surface area contributed by atoms with Gasteiger partial charge in [-0.05, 0) is 55.4 Å². The lowest BCUT2D eigenvalue weighted by Crippen LogP contribution is -2.45. The predicted molar refractivity (Wildman–Crippen MR) is 160 cm³/mol. The Hall–Kier alpha value is -4.13. The molecule has 3 aromatic rings. The molecule has 3 aromatic carbocycles. The summed E-state index contributed by atoms with van der Waals surface area (Å²) in [6.07, 6.45) is -0.579. The lowest BCUT2D eigenvalue weighted by molar-refractivity contribution is -0.385. The molecule has 0 radical (unpaired) electrons. The van der Waals surface area contributed by atoms with Gasteiger partial charge in [-0.3, -0.25) is 24.6 Å². The average molecular weight is 606 g/mol. The fourth-order valence-electron chi connectivity index (χ4n) is 7.06. The van der Waals surface area contributed by atoms with Gasteiger partial charge in [0.1, 0.15) is 5.75 Å². The highest BCUT2D eigenvalue weighted by Gasteiger charge is 2.66. The number of carbonyl (C=O) groups is 2. The van der Waals surface area contributed by atoms with Crippen LogP contribution in [0.15, 0.2) is 66.7 Å². The number of aliphatic hydroxyl groups excluding tert-OH is 1. The molecular weight excluding hydrogens is 573 g/mol. The quantitative estimate of drug-likeness (QED) is 0.167. The summed E-state index contributed by atoms with van der Waals surface area (Å²) < 4.78 is 27.8. The van der Waals surface area contributed by atoms with E-state index in [1.807, 2.05) is 24.3 Å². The molecule has 224 valence electrons. The molecule has 1 spiro atoms. The van der Waals surface area contributed by atoms with Crippen molar-refractivity contribution in [3.05, 3.63) is 88.0 Å². The molecular formula is C31H32FN3O7Si. The number of aliphatic hydroxyl groups is 1. The molecule has 3 aliphatic heterocycles. The Labute approximate surface area is 249 Å². The molecule has 4 atom stereocenters. The monoisotopic (exact) mass is 605 g/mol. The molecule has 1 fully saturated rings. The molecule has 12 heteroatoms. The van der Waals surface area contributed by atoms with Crippen LogP contribution >= 0.6 is 0 Å². The minimum absolute atomic E-state index is 0.0846.